The summed E-state index contributed by atoms with van der Waals surface area (Å²) in [6.07, 6.45) is 4.79. The molecule has 0 aliphatic carbocycles. The molecule has 2 aliphatic rings. The molecule has 34 heavy (non-hydrogen) atoms. The minimum atomic E-state index is -0.749. The highest BCUT2D eigenvalue weighted by molar-refractivity contribution is 5.99. The third kappa shape index (κ3) is 5.73. The molecular formula is C24H31N5O5. The van der Waals surface area contributed by atoms with Crippen LogP contribution in [0.1, 0.15) is 44.8 Å². The Bertz CT molecular complexity index is 1090. The molecule has 0 unspecified atom stereocenters. The number of fused-ring (bicyclic) bond motifs is 1. The number of amides is 2. The van der Waals surface area contributed by atoms with Crippen LogP contribution in [0.5, 0.6) is 0 Å². The molecule has 10 heteroatoms. The lowest BCUT2D eigenvalue weighted by Gasteiger charge is -2.25. The average molecular weight is 470 g/mol. The van der Waals surface area contributed by atoms with Gasteiger partial charge in [0.1, 0.15) is 17.4 Å². The Labute approximate surface area is 198 Å². The van der Waals surface area contributed by atoms with E-state index in [2.05, 4.69) is 10.3 Å². The lowest BCUT2D eigenvalue weighted by Crippen LogP contribution is -2.45. The van der Waals surface area contributed by atoms with E-state index in [1.807, 2.05) is 25.1 Å². The zero-order valence-corrected chi connectivity index (χ0v) is 19.5. The Hall–Kier alpha value is -3.43. The summed E-state index contributed by atoms with van der Waals surface area (Å²) in [5, 5.41) is 15.3. The number of nitro groups is 1. The van der Waals surface area contributed by atoms with Crippen LogP contribution in [-0.2, 0) is 16.0 Å². The topological polar surface area (TPSA) is 121 Å². The predicted octanol–water partition coefficient (Wildman–Crippen LogP) is 3.09. The summed E-state index contributed by atoms with van der Waals surface area (Å²) in [6.45, 7) is 3.49. The minimum Gasteiger partial charge on any atom is -0.461 e. The second-order valence-electron chi connectivity index (χ2n) is 8.87. The van der Waals surface area contributed by atoms with Gasteiger partial charge in [-0.2, -0.15) is 0 Å². The third-order valence-corrected chi connectivity index (χ3v) is 6.33. The number of carbonyl (C=O) groups is 2. The molecule has 1 aromatic carbocycles. The summed E-state index contributed by atoms with van der Waals surface area (Å²) in [5.41, 5.74) is 1.38. The second kappa shape index (κ2) is 10.7. The molecule has 2 amide bonds. The van der Waals surface area contributed by atoms with Crippen molar-refractivity contribution in [2.24, 2.45) is 4.99 Å². The average Bonchev–Trinajstić information content (AvgIpc) is 3.45. The molecule has 2 aliphatic heterocycles. The molecule has 4 rings (SSSR count). The largest absolute Gasteiger partial charge is 0.461 e. The van der Waals surface area contributed by atoms with E-state index in [0.717, 1.165) is 61.9 Å². The first-order chi connectivity index (χ1) is 16.4. The molecule has 3 heterocycles. The highest BCUT2D eigenvalue weighted by Crippen LogP contribution is 2.24. The zero-order valence-electron chi connectivity index (χ0n) is 19.5. The highest BCUT2D eigenvalue weighted by atomic mass is 16.6. The first-order valence-electron chi connectivity index (χ1n) is 12.0. The number of rotatable bonds is 7. The summed E-state index contributed by atoms with van der Waals surface area (Å²) < 4.78 is 5.72. The van der Waals surface area contributed by atoms with Crippen molar-refractivity contribution in [1.82, 2.24) is 9.80 Å². The van der Waals surface area contributed by atoms with Gasteiger partial charge in [0.25, 0.3) is 6.54 Å². The van der Waals surface area contributed by atoms with Crippen molar-refractivity contribution in [3.8, 4) is 0 Å². The Kier molecular flexibility index (Phi) is 7.44. The van der Waals surface area contributed by atoms with E-state index >= 15 is 0 Å². The minimum absolute atomic E-state index is 0.0414. The zero-order chi connectivity index (χ0) is 24.1. The van der Waals surface area contributed by atoms with Gasteiger partial charge in [0.2, 0.25) is 11.8 Å². The molecule has 182 valence electrons. The van der Waals surface area contributed by atoms with Crippen molar-refractivity contribution < 1.29 is 18.9 Å². The number of amidine groups is 1. The first kappa shape index (κ1) is 23.7. The van der Waals surface area contributed by atoms with Gasteiger partial charge in [-0.3, -0.25) is 24.7 Å². The Morgan fingerprint density at radius 1 is 1.21 bits per heavy atom. The number of aryl methyl sites for hydroxylation is 1. The summed E-state index contributed by atoms with van der Waals surface area (Å²) in [6, 6.07) is 6.62. The number of furan rings is 1. The summed E-state index contributed by atoms with van der Waals surface area (Å²) >= 11 is 0. The molecular weight excluding hydrogens is 438 g/mol. The maximum Gasteiger partial charge on any atom is 0.260 e. The number of likely N-dealkylation sites (tertiary alicyclic amines) is 2. The number of benzene rings is 1. The van der Waals surface area contributed by atoms with Gasteiger partial charge < -0.3 is 19.5 Å². The fourth-order valence-electron chi connectivity index (χ4n) is 4.53. The Morgan fingerprint density at radius 3 is 2.71 bits per heavy atom. The molecule has 0 bridgehead atoms. The van der Waals surface area contributed by atoms with Crippen molar-refractivity contribution in [3.63, 3.8) is 0 Å². The van der Waals surface area contributed by atoms with Crippen LogP contribution >= 0.6 is 0 Å². The predicted molar refractivity (Wildman–Crippen MR) is 129 cm³/mol. The number of aliphatic imine (C=N–C) groups is 1. The molecule has 2 fully saturated rings. The van der Waals surface area contributed by atoms with E-state index in [4.69, 9.17) is 4.42 Å². The van der Waals surface area contributed by atoms with Gasteiger partial charge in [-0.25, -0.2) is 0 Å². The van der Waals surface area contributed by atoms with Crippen LogP contribution in [-0.4, -0.2) is 71.1 Å². The fraction of sp³-hybridized carbons (Fsp3) is 0.542. The number of nitrogens with zero attached hydrogens (tertiary/aromatic N) is 4. The second-order valence-corrected chi connectivity index (χ2v) is 8.87. The molecule has 2 saturated heterocycles. The van der Waals surface area contributed by atoms with Gasteiger partial charge >= 0.3 is 0 Å². The maximum atomic E-state index is 13.2. The summed E-state index contributed by atoms with van der Waals surface area (Å²) in [5.74, 6) is 0.693. The highest BCUT2D eigenvalue weighted by Gasteiger charge is 2.30. The fourth-order valence-corrected chi connectivity index (χ4v) is 4.53. The number of carbonyl (C=O) groups excluding carboxylic acids is 2. The van der Waals surface area contributed by atoms with E-state index in [1.165, 1.54) is 0 Å². The van der Waals surface area contributed by atoms with Gasteiger partial charge in [-0.05, 0) is 56.4 Å². The normalized spacial score (nSPS) is 19.5. The molecule has 1 atom stereocenters. The Balaban J connectivity index is 1.52. The molecule has 0 saturated carbocycles. The van der Waals surface area contributed by atoms with Crippen molar-refractivity contribution in [2.45, 2.75) is 51.5 Å². The van der Waals surface area contributed by atoms with E-state index in [0.29, 0.717) is 18.7 Å². The van der Waals surface area contributed by atoms with Crippen molar-refractivity contribution in [2.75, 3.05) is 38.0 Å². The lowest BCUT2D eigenvalue weighted by atomic mass is 10.1. The number of nitrogens with one attached hydrogen (secondary N) is 1. The standard InChI is InChI=1S/C24H31N5O5/c1-2-19-14-17-13-18(8-9-21(17)34-19)25-22(15-29(32)33)26-20-7-3-4-12-28(24(20)31)16-23(30)27-10-5-6-11-27/h8-9,13-14,20H,2-7,10-12,15-16H2,1H3,(H,25,26)/t20-/m0/s1. The van der Waals surface area contributed by atoms with Crippen molar-refractivity contribution >= 4 is 34.3 Å². The molecule has 1 aromatic heterocycles. The van der Waals surface area contributed by atoms with Crippen LogP contribution in [0.3, 0.4) is 0 Å². The maximum absolute atomic E-state index is 13.2. The van der Waals surface area contributed by atoms with Gasteiger partial charge in [0.15, 0.2) is 5.84 Å². The van der Waals surface area contributed by atoms with Crippen molar-refractivity contribution in [3.05, 3.63) is 40.1 Å². The quantitative estimate of drug-likeness (QED) is 0.288. The summed E-state index contributed by atoms with van der Waals surface area (Å²) in [7, 11) is 0. The van der Waals surface area contributed by atoms with Gasteiger partial charge in [-0.15, -0.1) is 0 Å². The number of hydrogen-bond acceptors (Lipinski definition) is 6. The van der Waals surface area contributed by atoms with Crippen LogP contribution < -0.4 is 5.32 Å². The molecule has 10 nitrogen and oxygen atoms in total. The molecule has 1 N–H and O–H groups in total. The summed E-state index contributed by atoms with van der Waals surface area (Å²) in [4.78, 5) is 44.5. The van der Waals surface area contributed by atoms with Crippen LogP contribution in [0.25, 0.3) is 11.0 Å². The molecule has 2 aromatic rings. The van der Waals surface area contributed by atoms with Gasteiger partial charge in [0, 0.05) is 42.1 Å². The molecule has 0 radical (unpaired) electrons. The molecule has 0 spiro atoms. The van der Waals surface area contributed by atoms with E-state index in [1.54, 1.807) is 15.9 Å². The van der Waals surface area contributed by atoms with Gasteiger partial charge in [-0.1, -0.05) is 6.92 Å². The third-order valence-electron chi connectivity index (χ3n) is 6.33. The number of anilines is 1. The SMILES string of the molecule is CCc1cc2cc(NC(C[N+](=O)[O-])=N[C@H]3CCCCN(CC(=O)N4CCCC4)C3=O)ccc2o1. The van der Waals surface area contributed by atoms with Crippen LogP contribution in [0.15, 0.2) is 33.7 Å². The number of hydrogen-bond donors (Lipinski definition) is 1. The van der Waals surface area contributed by atoms with E-state index in [-0.39, 0.29) is 24.2 Å². The van der Waals surface area contributed by atoms with E-state index < -0.39 is 17.5 Å². The van der Waals surface area contributed by atoms with Crippen LogP contribution in [0, 0.1) is 10.1 Å². The van der Waals surface area contributed by atoms with Crippen LogP contribution in [0.4, 0.5) is 5.69 Å². The Morgan fingerprint density at radius 2 is 1.97 bits per heavy atom. The monoisotopic (exact) mass is 469 g/mol. The lowest BCUT2D eigenvalue weighted by molar-refractivity contribution is -0.463. The van der Waals surface area contributed by atoms with Gasteiger partial charge in [0.05, 0.1) is 6.54 Å². The van der Waals surface area contributed by atoms with E-state index in [9.17, 15) is 19.7 Å². The smallest absolute Gasteiger partial charge is 0.260 e. The van der Waals surface area contributed by atoms with Crippen LogP contribution in [0.2, 0.25) is 0 Å². The first-order valence-corrected chi connectivity index (χ1v) is 12.0. The van der Waals surface area contributed by atoms with Crippen molar-refractivity contribution in [1.29, 1.82) is 0 Å².